The molecule has 2 aliphatic rings. The van der Waals surface area contributed by atoms with E-state index in [0.717, 1.165) is 19.3 Å². The average Bonchev–Trinajstić information content (AvgIpc) is 2.58. The molecule has 0 radical (unpaired) electrons. The van der Waals surface area contributed by atoms with Crippen LogP contribution in [0.5, 0.6) is 0 Å². The summed E-state index contributed by atoms with van der Waals surface area (Å²) in [6.07, 6.45) is 6.17. The summed E-state index contributed by atoms with van der Waals surface area (Å²) in [5.74, 6) is -0.955. The van der Waals surface area contributed by atoms with E-state index in [-0.39, 0.29) is 23.7 Å². The fourth-order valence-electron chi connectivity index (χ4n) is 2.66. The Labute approximate surface area is 126 Å². The lowest BCUT2D eigenvalue weighted by Gasteiger charge is -2.22. The van der Waals surface area contributed by atoms with E-state index in [0.29, 0.717) is 42.5 Å². The summed E-state index contributed by atoms with van der Waals surface area (Å²) in [4.78, 5) is 4.21. The molecule has 1 aliphatic heterocycles. The van der Waals surface area contributed by atoms with E-state index in [1.54, 1.807) is 0 Å². The van der Waals surface area contributed by atoms with Crippen LogP contribution in [0, 0.1) is 0 Å². The zero-order valence-electron chi connectivity index (χ0n) is 18.1. The molecule has 0 unspecified atom stereocenters. The van der Waals surface area contributed by atoms with Crippen molar-refractivity contribution in [1.29, 1.82) is 0 Å². The summed E-state index contributed by atoms with van der Waals surface area (Å²) in [5.41, 5.74) is 1.58. The van der Waals surface area contributed by atoms with Crippen LogP contribution < -0.4 is 0 Å². The van der Waals surface area contributed by atoms with Gasteiger partial charge in [0.15, 0.2) is 0 Å². The maximum Gasteiger partial charge on any atom is 0.0630 e. The lowest BCUT2D eigenvalue weighted by atomic mass is 9.83. The summed E-state index contributed by atoms with van der Waals surface area (Å²) in [5, 5.41) is 0. The van der Waals surface area contributed by atoms with E-state index in [2.05, 4.69) is 4.99 Å². The standard InChI is InChI=1S/C18H23N/c1-14-7-12-18(19-13-14)17-10-8-16(9-11-17)15-5-3-2-4-6-15/h8-11,13,15H,2-7,12H2,1H3/i1D3,8D,9D,10D,15D. The Kier molecular flexibility index (Phi) is 2.07. The van der Waals surface area contributed by atoms with Gasteiger partial charge >= 0.3 is 0 Å². The van der Waals surface area contributed by atoms with Gasteiger partial charge in [-0.05, 0) is 49.6 Å². The van der Waals surface area contributed by atoms with Crippen molar-refractivity contribution >= 4 is 5.71 Å². The molecule has 19 heavy (non-hydrogen) atoms. The predicted molar refractivity (Wildman–Crippen MR) is 81.8 cm³/mol. The number of hydrogen-bond acceptors (Lipinski definition) is 1. The zero-order valence-corrected chi connectivity index (χ0v) is 11.1. The molecule has 0 saturated heterocycles. The molecule has 0 bridgehead atoms. The first kappa shape index (κ1) is 6.88. The summed E-state index contributed by atoms with van der Waals surface area (Å²) in [6.45, 7) is -2.16. The number of hydrogen-bond donors (Lipinski definition) is 0. The Balaban J connectivity index is 2.02. The third-order valence-corrected chi connectivity index (χ3v) is 3.81. The van der Waals surface area contributed by atoms with Gasteiger partial charge in [0.1, 0.15) is 0 Å². The molecule has 100 valence electrons. The fourth-order valence-corrected chi connectivity index (χ4v) is 2.66. The molecular formula is C18H23N. The number of allylic oxidation sites excluding steroid dienone is 1. The maximum atomic E-state index is 8.72. The summed E-state index contributed by atoms with van der Waals surface area (Å²) < 4.78 is 56.2. The minimum atomic E-state index is -2.16. The number of rotatable bonds is 2. The molecule has 0 aromatic heterocycles. The van der Waals surface area contributed by atoms with Crippen molar-refractivity contribution in [1.82, 2.24) is 0 Å². The molecule has 1 heterocycles. The van der Waals surface area contributed by atoms with Crippen molar-refractivity contribution in [3.63, 3.8) is 0 Å². The topological polar surface area (TPSA) is 12.4 Å². The van der Waals surface area contributed by atoms with Gasteiger partial charge in [0.2, 0.25) is 0 Å². The smallest absolute Gasteiger partial charge is 0.0630 e. The Morgan fingerprint density at radius 2 is 2.11 bits per heavy atom. The monoisotopic (exact) mass is 260 g/mol. The van der Waals surface area contributed by atoms with Gasteiger partial charge in [-0.25, -0.2) is 0 Å². The molecule has 1 aromatic rings. The van der Waals surface area contributed by atoms with Crippen molar-refractivity contribution in [2.75, 3.05) is 0 Å². The quantitative estimate of drug-likeness (QED) is 0.691. The van der Waals surface area contributed by atoms with Crippen molar-refractivity contribution in [3.05, 3.63) is 47.1 Å². The number of aliphatic imine (C=N–C) groups is 1. The van der Waals surface area contributed by atoms with E-state index in [1.165, 1.54) is 12.3 Å². The van der Waals surface area contributed by atoms with Crippen molar-refractivity contribution in [2.24, 2.45) is 4.99 Å². The molecule has 1 nitrogen and oxygen atoms in total. The van der Waals surface area contributed by atoms with Gasteiger partial charge < -0.3 is 0 Å². The molecule has 0 spiro atoms. The molecule has 1 aliphatic carbocycles. The highest BCUT2D eigenvalue weighted by Gasteiger charge is 2.15. The van der Waals surface area contributed by atoms with Crippen molar-refractivity contribution < 1.29 is 9.60 Å². The number of nitrogens with zero attached hydrogens (tertiary/aromatic N) is 1. The van der Waals surface area contributed by atoms with Crippen molar-refractivity contribution in [3.8, 4) is 0 Å². The van der Waals surface area contributed by atoms with Gasteiger partial charge in [-0.1, -0.05) is 49.0 Å². The van der Waals surface area contributed by atoms with Crippen LogP contribution in [0.4, 0.5) is 0 Å². The van der Waals surface area contributed by atoms with E-state index < -0.39 is 12.7 Å². The second kappa shape index (κ2) is 5.73. The van der Waals surface area contributed by atoms with E-state index in [1.807, 2.05) is 0 Å². The van der Waals surface area contributed by atoms with E-state index >= 15 is 0 Å². The molecule has 1 fully saturated rings. The molecule has 0 atom stereocenters. The maximum absolute atomic E-state index is 8.72. The fraction of sp³-hybridized carbons (Fsp3) is 0.500. The third-order valence-electron chi connectivity index (χ3n) is 3.81. The third kappa shape index (κ3) is 2.97. The second-order valence-corrected chi connectivity index (χ2v) is 5.22. The Bertz CT molecular complexity index is 771. The van der Waals surface area contributed by atoms with Crippen LogP contribution in [-0.4, -0.2) is 5.71 Å². The lowest BCUT2D eigenvalue weighted by Crippen LogP contribution is -2.07. The van der Waals surface area contributed by atoms with Gasteiger partial charge in [0.25, 0.3) is 0 Å². The first-order valence-corrected chi connectivity index (χ1v) is 7.01. The van der Waals surface area contributed by atoms with Crippen LogP contribution in [0.3, 0.4) is 0 Å². The lowest BCUT2D eigenvalue weighted by molar-refractivity contribution is 0.443. The van der Waals surface area contributed by atoms with E-state index in [4.69, 9.17) is 9.60 Å². The van der Waals surface area contributed by atoms with Crippen LogP contribution in [0.2, 0.25) is 0 Å². The summed E-state index contributed by atoms with van der Waals surface area (Å²) in [6, 6.07) is 1.58. The molecule has 1 saturated carbocycles. The van der Waals surface area contributed by atoms with Gasteiger partial charge in [0.05, 0.1) is 4.11 Å². The van der Waals surface area contributed by atoms with Gasteiger partial charge in [-0.2, -0.15) is 0 Å². The van der Waals surface area contributed by atoms with Crippen LogP contribution >= 0.6 is 0 Å². The molecule has 3 rings (SSSR count). The Morgan fingerprint density at radius 3 is 2.84 bits per heavy atom. The molecule has 1 aromatic carbocycles. The zero-order chi connectivity index (χ0) is 19.1. The van der Waals surface area contributed by atoms with Crippen LogP contribution in [0.15, 0.2) is 41.0 Å². The predicted octanol–water partition coefficient (Wildman–Crippen LogP) is 5.22. The highest BCUT2D eigenvalue weighted by atomic mass is 14.7. The minimum absolute atomic E-state index is 0.0160. The molecule has 1 heteroatoms. The Hall–Kier alpha value is -1.37. The Morgan fingerprint density at radius 1 is 1.21 bits per heavy atom. The first-order valence-electron chi connectivity index (χ1n) is 10.5. The molecule has 0 amide bonds. The van der Waals surface area contributed by atoms with Gasteiger partial charge in [-0.3, -0.25) is 4.99 Å². The van der Waals surface area contributed by atoms with Gasteiger partial charge in [0, 0.05) is 17.4 Å². The van der Waals surface area contributed by atoms with Crippen LogP contribution in [0.1, 0.15) is 78.4 Å². The van der Waals surface area contributed by atoms with Gasteiger partial charge in [-0.15, -0.1) is 0 Å². The van der Waals surface area contributed by atoms with Crippen molar-refractivity contribution in [2.45, 2.75) is 57.7 Å². The second-order valence-electron chi connectivity index (χ2n) is 5.22. The first-order chi connectivity index (χ1) is 12.1. The minimum Gasteiger partial charge on any atom is -0.261 e. The van der Waals surface area contributed by atoms with Crippen LogP contribution in [0.25, 0.3) is 0 Å². The SMILES string of the molecule is [2H]c1cc(C2=NC=C(C([2H])([2H])[2H])CC2)c([2H])c([2H])c1C1([2H])CCCCC1. The highest BCUT2D eigenvalue weighted by Crippen LogP contribution is 2.32. The largest absolute Gasteiger partial charge is 0.261 e. The summed E-state index contributed by atoms with van der Waals surface area (Å²) in [7, 11) is 0. The average molecular weight is 260 g/mol. The summed E-state index contributed by atoms with van der Waals surface area (Å²) >= 11 is 0. The normalized spacial score (nSPS) is 28.5. The van der Waals surface area contributed by atoms with Crippen LogP contribution in [-0.2, 0) is 0 Å². The number of benzene rings is 1. The van der Waals surface area contributed by atoms with E-state index in [9.17, 15) is 0 Å². The molecule has 0 N–H and O–H groups in total. The molecular weight excluding hydrogens is 230 g/mol. The highest BCUT2D eigenvalue weighted by molar-refractivity contribution is 6.01.